The summed E-state index contributed by atoms with van der Waals surface area (Å²) in [5.74, 6) is -0.422. The van der Waals surface area contributed by atoms with Crippen LogP contribution in [0.1, 0.15) is 24.0 Å². The highest BCUT2D eigenvalue weighted by Crippen LogP contribution is 2.32. The molecule has 1 saturated heterocycles. The molecule has 4 rings (SSSR count). The minimum atomic E-state index is -4.21. The zero-order chi connectivity index (χ0) is 27.1. The SMILES string of the molecule is COc1ccc(S(=O)(=O)N(CC(=O)NCc2cccc(CN3CCCC3)c2)c2ccc(F)cc2)cc1OC. The monoisotopic (exact) mass is 541 g/mol. The van der Waals surface area contributed by atoms with Crippen LogP contribution >= 0.6 is 0 Å². The van der Waals surface area contributed by atoms with Gasteiger partial charge in [-0.05, 0) is 73.5 Å². The van der Waals surface area contributed by atoms with E-state index in [4.69, 9.17) is 9.47 Å². The number of ether oxygens (including phenoxy) is 2. The van der Waals surface area contributed by atoms with Crippen LogP contribution in [0.25, 0.3) is 0 Å². The minimum Gasteiger partial charge on any atom is -0.493 e. The molecule has 8 nitrogen and oxygen atoms in total. The second kappa shape index (κ2) is 12.3. The Labute approximate surface area is 223 Å². The highest BCUT2D eigenvalue weighted by molar-refractivity contribution is 7.92. The lowest BCUT2D eigenvalue weighted by Crippen LogP contribution is -2.40. The number of rotatable bonds is 11. The molecule has 202 valence electrons. The first-order chi connectivity index (χ1) is 18.3. The average Bonchev–Trinajstić information content (AvgIpc) is 3.44. The van der Waals surface area contributed by atoms with Crippen molar-refractivity contribution in [2.24, 2.45) is 0 Å². The van der Waals surface area contributed by atoms with E-state index < -0.39 is 28.3 Å². The third-order valence-corrected chi connectivity index (χ3v) is 8.20. The third-order valence-electron chi connectivity index (χ3n) is 6.43. The topological polar surface area (TPSA) is 88.2 Å². The molecule has 1 fully saturated rings. The van der Waals surface area contributed by atoms with Gasteiger partial charge in [0.1, 0.15) is 12.4 Å². The fourth-order valence-corrected chi connectivity index (χ4v) is 5.89. The summed E-state index contributed by atoms with van der Waals surface area (Å²) in [7, 11) is -1.36. The van der Waals surface area contributed by atoms with E-state index >= 15 is 0 Å². The molecule has 1 amide bonds. The number of halogens is 1. The lowest BCUT2D eigenvalue weighted by Gasteiger charge is -2.24. The standard InChI is InChI=1S/C28H32FN3O5S/c1-36-26-13-12-25(17-27(26)37-2)38(34,35)32(24-10-8-23(29)9-11-24)20-28(33)30-18-21-6-5-7-22(16-21)19-31-14-3-4-15-31/h5-13,16-17H,3-4,14-15,18-20H2,1-2H3,(H,30,33). The number of sulfonamides is 1. The van der Waals surface area contributed by atoms with Crippen LogP contribution in [0.15, 0.2) is 71.6 Å². The molecule has 0 aromatic heterocycles. The summed E-state index contributed by atoms with van der Waals surface area (Å²) >= 11 is 0. The summed E-state index contributed by atoms with van der Waals surface area (Å²) in [4.78, 5) is 15.3. The second-order valence-electron chi connectivity index (χ2n) is 9.08. The van der Waals surface area contributed by atoms with Crippen LogP contribution in [0, 0.1) is 5.82 Å². The van der Waals surface area contributed by atoms with Crippen molar-refractivity contribution in [3.05, 3.63) is 83.7 Å². The zero-order valence-corrected chi connectivity index (χ0v) is 22.3. The summed E-state index contributed by atoms with van der Waals surface area (Å²) in [6, 6.07) is 17.1. The number of carbonyl (C=O) groups is 1. The maximum atomic E-state index is 13.7. The maximum Gasteiger partial charge on any atom is 0.264 e. The van der Waals surface area contributed by atoms with E-state index in [-0.39, 0.29) is 22.9 Å². The van der Waals surface area contributed by atoms with Crippen molar-refractivity contribution in [2.45, 2.75) is 30.8 Å². The van der Waals surface area contributed by atoms with Gasteiger partial charge in [-0.25, -0.2) is 12.8 Å². The molecule has 0 bridgehead atoms. The van der Waals surface area contributed by atoms with Crippen molar-refractivity contribution in [3.63, 3.8) is 0 Å². The lowest BCUT2D eigenvalue weighted by molar-refractivity contribution is -0.119. The molecule has 10 heteroatoms. The van der Waals surface area contributed by atoms with Crippen LogP contribution in [0.2, 0.25) is 0 Å². The molecule has 3 aromatic carbocycles. The number of hydrogen-bond donors (Lipinski definition) is 1. The number of anilines is 1. The first kappa shape index (κ1) is 27.4. The first-order valence-corrected chi connectivity index (χ1v) is 13.8. The molecule has 1 N–H and O–H groups in total. The molecule has 1 heterocycles. The number of methoxy groups -OCH3 is 2. The molecule has 1 aliphatic rings. The molecular formula is C28H32FN3O5S. The van der Waals surface area contributed by atoms with E-state index in [1.807, 2.05) is 12.1 Å². The number of carbonyl (C=O) groups excluding carboxylic acids is 1. The molecule has 0 atom stereocenters. The van der Waals surface area contributed by atoms with Crippen LogP contribution in [-0.4, -0.2) is 53.1 Å². The number of nitrogens with one attached hydrogen (secondary N) is 1. The van der Waals surface area contributed by atoms with E-state index in [0.29, 0.717) is 5.75 Å². The van der Waals surface area contributed by atoms with Gasteiger partial charge in [-0.2, -0.15) is 0 Å². The smallest absolute Gasteiger partial charge is 0.264 e. The Balaban J connectivity index is 1.52. The highest BCUT2D eigenvalue weighted by Gasteiger charge is 2.28. The van der Waals surface area contributed by atoms with Crippen LogP contribution in [0.5, 0.6) is 11.5 Å². The molecule has 0 spiro atoms. The van der Waals surface area contributed by atoms with Crippen molar-refractivity contribution < 1.29 is 27.1 Å². The van der Waals surface area contributed by atoms with Gasteiger partial charge in [0.05, 0.1) is 24.8 Å². The van der Waals surface area contributed by atoms with E-state index in [0.717, 1.165) is 41.6 Å². The quantitative estimate of drug-likeness (QED) is 0.396. The summed E-state index contributed by atoms with van der Waals surface area (Å²) in [6.07, 6.45) is 2.43. The van der Waals surface area contributed by atoms with E-state index in [1.165, 1.54) is 63.0 Å². The minimum absolute atomic E-state index is 0.0955. The van der Waals surface area contributed by atoms with Gasteiger partial charge in [-0.1, -0.05) is 24.3 Å². The molecular weight excluding hydrogens is 509 g/mol. The Bertz CT molecular complexity index is 1360. The number of likely N-dealkylation sites (tertiary alicyclic amines) is 1. The second-order valence-corrected chi connectivity index (χ2v) is 10.9. The predicted octanol–water partition coefficient (Wildman–Crippen LogP) is 3.95. The van der Waals surface area contributed by atoms with Gasteiger partial charge in [0.25, 0.3) is 10.0 Å². The predicted molar refractivity (Wildman–Crippen MR) is 143 cm³/mol. The molecule has 0 aliphatic carbocycles. The Hall–Kier alpha value is -3.63. The van der Waals surface area contributed by atoms with Crippen molar-refractivity contribution in [1.82, 2.24) is 10.2 Å². The lowest BCUT2D eigenvalue weighted by atomic mass is 10.1. The summed E-state index contributed by atoms with van der Waals surface area (Å²) < 4.78 is 52.3. The molecule has 38 heavy (non-hydrogen) atoms. The normalized spacial score (nSPS) is 13.8. The van der Waals surface area contributed by atoms with Gasteiger partial charge in [0.2, 0.25) is 5.91 Å². The number of hydrogen-bond acceptors (Lipinski definition) is 6. The van der Waals surface area contributed by atoms with Crippen molar-refractivity contribution in [3.8, 4) is 11.5 Å². The van der Waals surface area contributed by atoms with Crippen LogP contribution in [0.4, 0.5) is 10.1 Å². The molecule has 0 radical (unpaired) electrons. The van der Waals surface area contributed by atoms with Crippen LogP contribution < -0.4 is 19.1 Å². The Morgan fingerprint density at radius 1 is 0.947 bits per heavy atom. The highest BCUT2D eigenvalue weighted by atomic mass is 32.2. The molecule has 3 aromatic rings. The van der Waals surface area contributed by atoms with E-state index in [2.05, 4.69) is 22.3 Å². The van der Waals surface area contributed by atoms with Gasteiger partial charge < -0.3 is 14.8 Å². The number of benzene rings is 3. The van der Waals surface area contributed by atoms with Crippen LogP contribution in [-0.2, 0) is 27.9 Å². The van der Waals surface area contributed by atoms with E-state index in [9.17, 15) is 17.6 Å². The Morgan fingerprint density at radius 2 is 1.63 bits per heavy atom. The fraction of sp³-hybridized carbons (Fsp3) is 0.321. The fourth-order valence-electron chi connectivity index (χ4n) is 4.45. The summed E-state index contributed by atoms with van der Waals surface area (Å²) in [6.45, 7) is 2.81. The van der Waals surface area contributed by atoms with Crippen molar-refractivity contribution >= 4 is 21.6 Å². The summed E-state index contributed by atoms with van der Waals surface area (Å²) in [5, 5.41) is 2.82. The zero-order valence-electron chi connectivity index (χ0n) is 21.5. The van der Waals surface area contributed by atoms with Gasteiger partial charge in [0.15, 0.2) is 11.5 Å². The Morgan fingerprint density at radius 3 is 2.32 bits per heavy atom. The molecule has 1 aliphatic heterocycles. The van der Waals surface area contributed by atoms with Crippen LogP contribution in [0.3, 0.4) is 0 Å². The third kappa shape index (κ3) is 6.62. The largest absolute Gasteiger partial charge is 0.493 e. The first-order valence-electron chi connectivity index (χ1n) is 12.4. The van der Waals surface area contributed by atoms with Gasteiger partial charge >= 0.3 is 0 Å². The Kier molecular flexibility index (Phi) is 8.85. The summed E-state index contributed by atoms with van der Waals surface area (Å²) in [5.41, 5.74) is 2.25. The van der Waals surface area contributed by atoms with Gasteiger partial charge in [-0.15, -0.1) is 0 Å². The molecule has 0 saturated carbocycles. The van der Waals surface area contributed by atoms with Crippen molar-refractivity contribution in [1.29, 1.82) is 0 Å². The molecule has 0 unspecified atom stereocenters. The van der Waals surface area contributed by atoms with Gasteiger partial charge in [-0.3, -0.25) is 14.0 Å². The van der Waals surface area contributed by atoms with Gasteiger partial charge in [0, 0.05) is 19.2 Å². The van der Waals surface area contributed by atoms with E-state index in [1.54, 1.807) is 0 Å². The number of amides is 1. The maximum absolute atomic E-state index is 13.7. The number of nitrogens with zero attached hydrogens (tertiary/aromatic N) is 2. The average molecular weight is 542 g/mol. The van der Waals surface area contributed by atoms with Crippen molar-refractivity contribution in [2.75, 3.05) is 38.2 Å².